The summed E-state index contributed by atoms with van der Waals surface area (Å²) in [5, 5.41) is 0. The molecule has 2 rings (SSSR count). The van der Waals surface area contributed by atoms with Crippen LogP contribution in [0.15, 0.2) is 24.3 Å². The average Bonchev–Trinajstić information content (AvgIpc) is 2.45. The Balaban J connectivity index is 2.09. The van der Waals surface area contributed by atoms with Crippen LogP contribution in [0.5, 0.6) is 5.75 Å². The van der Waals surface area contributed by atoms with Gasteiger partial charge in [0.05, 0.1) is 7.11 Å². The minimum atomic E-state index is 0.287. The Bertz CT molecular complexity index is 390. The number of methoxy groups -OCH3 is 1. The maximum atomic E-state index is 6.24. The molecule has 106 valence electrons. The first-order chi connectivity index (χ1) is 9.13. The summed E-state index contributed by atoms with van der Waals surface area (Å²) in [5.74, 6) is 1.46. The Hall–Kier alpha value is -1.06. The van der Waals surface area contributed by atoms with Crippen LogP contribution in [0.3, 0.4) is 0 Å². The van der Waals surface area contributed by atoms with Crippen LogP contribution in [0.4, 0.5) is 0 Å². The van der Waals surface area contributed by atoms with Crippen molar-refractivity contribution in [3.05, 3.63) is 29.8 Å². The molecule has 0 aromatic heterocycles. The number of ether oxygens (including phenoxy) is 1. The van der Waals surface area contributed by atoms with Crippen molar-refractivity contribution in [3.63, 3.8) is 0 Å². The number of rotatable bonds is 4. The zero-order chi connectivity index (χ0) is 13.8. The van der Waals surface area contributed by atoms with E-state index in [1.165, 1.54) is 12.0 Å². The predicted octanol–water partition coefficient (Wildman–Crippen LogP) is 2.61. The van der Waals surface area contributed by atoms with E-state index in [9.17, 15) is 0 Å². The van der Waals surface area contributed by atoms with Gasteiger partial charge in [-0.15, -0.1) is 0 Å². The molecule has 1 fully saturated rings. The highest BCUT2D eigenvalue weighted by Gasteiger charge is 2.28. The van der Waals surface area contributed by atoms with Crippen LogP contribution in [0.25, 0.3) is 0 Å². The third-order valence-electron chi connectivity index (χ3n) is 4.31. The molecule has 1 heterocycles. The van der Waals surface area contributed by atoms with Gasteiger partial charge in [-0.1, -0.05) is 19.1 Å². The second kappa shape index (κ2) is 6.40. The lowest BCUT2D eigenvalue weighted by atomic mass is 9.87. The van der Waals surface area contributed by atoms with Crippen LogP contribution in [-0.2, 0) is 0 Å². The molecule has 1 aromatic carbocycles. The van der Waals surface area contributed by atoms with Gasteiger partial charge in [0.1, 0.15) is 5.75 Å². The van der Waals surface area contributed by atoms with Gasteiger partial charge in [0, 0.05) is 25.2 Å². The summed E-state index contributed by atoms with van der Waals surface area (Å²) < 4.78 is 5.22. The maximum absolute atomic E-state index is 6.24. The summed E-state index contributed by atoms with van der Waals surface area (Å²) in [6.45, 7) is 6.69. The summed E-state index contributed by atoms with van der Waals surface area (Å²) in [5.41, 5.74) is 7.61. The fraction of sp³-hybridized carbons (Fsp3) is 0.625. The highest BCUT2D eigenvalue weighted by molar-refractivity contribution is 5.30. The SMILES string of the molecule is CCC(C)N1CC(N)CC(c2ccc(OC)cc2)C1. The molecule has 1 aromatic rings. The molecule has 3 atom stereocenters. The van der Waals surface area contributed by atoms with Gasteiger partial charge in [-0.2, -0.15) is 0 Å². The fourth-order valence-corrected chi connectivity index (χ4v) is 2.91. The molecule has 3 heteroatoms. The normalized spacial score (nSPS) is 26.1. The number of nitrogens with zero attached hydrogens (tertiary/aromatic N) is 1. The van der Waals surface area contributed by atoms with Gasteiger partial charge < -0.3 is 10.5 Å². The highest BCUT2D eigenvalue weighted by Crippen LogP contribution is 2.29. The van der Waals surface area contributed by atoms with Gasteiger partial charge in [-0.3, -0.25) is 4.90 Å². The molecular formula is C16H26N2O. The van der Waals surface area contributed by atoms with Crippen molar-refractivity contribution in [1.29, 1.82) is 0 Å². The monoisotopic (exact) mass is 262 g/mol. The number of nitrogens with two attached hydrogens (primary N) is 1. The third kappa shape index (κ3) is 3.48. The van der Waals surface area contributed by atoms with E-state index in [4.69, 9.17) is 10.5 Å². The standard InChI is InChI=1S/C16H26N2O/c1-4-12(2)18-10-14(9-15(17)11-18)13-5-7-16(19-3)8-6-13/h5-8,12,14-15H,4,9-11,17H2,1-3H3. The molecule has 0 radical (unpaired) electrons. The van der Waals surface area contributed by atoms with E-state index in [2.05, 4.69) is 30.9 Å². The van der Waals surface area contributed by atoms with Gasteiger partial charge >= 0.3 is 0 Å². The predicted molar refractivity (Wildman–Crippen MR) is 79.7 cm³/mol. The van der Waals surface area contributed by atoms with Crippen LogP contribution < -0.4 is 10.5 Å². The van der Waals surface area contributed by atoms with Crippen LogP contribution in [0.1, 0.15) is 38.2 Å². The molecular weight excluding hydrogens is 236 g/mol. The molecule has 1 aliphatic heterocycles. The van der Waals surface area contributed by atoms with E-state index < -0.39 is 0 Å². The molecule has 1 saturated heterocycles. The van der Waals surface area contributed by atoms with Crippen LogP contribution in [-0.4, -0.2) is 37.2 Å². The highest BCUT2D eigenvalue weighted by atomic mass is 16.5. The van der Waals surface area contributed by atoms with E-state index in [1.54, 1.807) is 7.11 Å². The van der Waals surface area contributed by atoms with E-state index in [0.717, 1.165) is 25.3 Å². The summed E-state index contributed by atoms with van der Waals surface area (Å²) >= 11 is 0. The first kappa shape index (κ1) is 14.4. The quantitative estimate of drug-likeness (QED) is 0.906. The maximum Gasteiger partial charge on any atom is 0.118 e. The van der Waals surface area contributed by atoms with Crippen molar-refractivity contribution in [3.8, 4) is 5.75 Å². The Labute approximate surface area is 116 Å². The van der Waals surface area contributed by atoms with E-state index in [-0.39, 0.29) is 6.04 Å². The smallest absolute Gasteiger partial charge is 0.118 e. The molecule has 1 aliphatic rings. The molecule has 0 saturated carbocycles. The lowest BCUT2D eigenvalue weighted by Crippen LogP contribution is -2.49. The minimum absolute atomic E-state index is 0.287. The molecule has 3 unspecified atom stereocenters. The Morgan fingerprint density at radius 2 is 2.00 bits per heavy atom. The van der Waals surface area contributed by atoms with Crippen molar-refractivity contribution in [1.82, 2.24) is 4.90 Å². The zero-order valence-corrected chi connectivity index (χ0v) is 12.3. The Morgan fingerprint density at radius 3 is 2.58 bits per heavy atom. The Kier molecular flexibility index (Phi) is 4.83. The number of benzene rings is 1. The second-order valence-electron chi connectivity index (χ2n) is 5.68. The van der Waals surface area contributed by atoms with Crippen LogP contribution in [0, 0.1) is 0 Å². The van der Waals surface area contributed by atoms with E-state index >= 15 is 0 Å². The molecule has 19 heavy (non-hydrogen) atoms. The molecule has 2 N–H and O–H groups in total. The van der Waals surface area contributed by atoms with Crippen molar-refractivity contribution < 1.29 is 4.74 Å². The summed E-state index contributed by atoms with van der Waals surface area (Å²) in [6.07, 6.45) is 2.27. The second-order valence-corrected chi connectivity index (χ2v) is 5.68. The van der Waals surface area contributed by atoms with Crippen molar-refractivity contribution in [2.24, 2.45) is 5.73 Å². The zero-order valence-electron chi connectivity index (χ0n) is 12.3. The minimum Gasteiger partial charge on any atom is -0.497 e. The number of piperidine rings is 1. The van der Waals surface area contributed by atoms with Crippen molar-refractivity contribution in [2.75, 3.05) is 20.2 Å². The van der Waals surface area contributed by atoms with Crippen molar-refractivity contribution >= 4 is 0 Å². The first-order valence-electron chi connectivity index (χ1n) is 7.27. The third-order valence-corrected chi connectivity index (χ3v) is 4.31. The lowest BCUT2D eigenvalue weighted by Gasteiger charge is -2.39. The topological polar surface area (TPSA) is 38.5 Å². The van der Waals surface area contributed by atoms with Gasteiger partial charge in [-0.05, 0) is 43.4 Å². The largest absolute Gasteiger partial charge is 0.497 e. The van der Waals surface area contributed by atoms with Gasteiger partial charge in [0.15, 0.2) is 0 Å². The van der Waals surface area contributed by atoms with Crippen LogP contribution in [0.2, 0.25) is 0 Å². The molecule has 3 nitrogen and oxygen atoms in total. The van der Waals surface area contributed by atoms with Crippen molar-refractivity contribution in [2.45, 2.75) is 44.7 Å². The number of hydrogen-bond donors (Lipinski definition) is 1. The van der Waals surface area contributed by atoms with Gasteiger partial charge in [-0.25, -0.2) is 0 Å². The molecule has 0 aliphatic carbocycles. The van der Waals surface area contributed by atoms with E-state index in [0.29, 0.717) is 12.0 Å². The fourth-order valence-electron chi connectivity index (χ4n) is 2.91. The van der Waals surface area contributed by atoms with Gasteiger partial charge in [0.25, 0.3) is 0 Å². The summed E-state index contributed by atoms with van der Waals surface area (Å²) in [6, 6.07) is 9.35. The summed E-state index contributed by atoms with van der Waals surface area (Å²) in [4.78, 5) is 2.53. The average molecular weight is 262 g/mol. The Morgan fingerprint density at radius 1 is 1.32 bits per heavy atom. The van der Waals surface area contributed by atoms with Crippen LogP contribution >= 0.6 is 0 Å². The first-order valence-corrected chi connectivity index (χ1v) is 7.27. The number of likely N-dealkylation sites (tertiary alicyclic amines) is 1. The number of hydrogen-bond acceptors (Lipinski definition) is 3. The lowest BCUT2D eigenvalue weighted by molar-refractivity contribution is 0.140. The molecule has 0 amide bonds. The molecule has 0 spiro atoms. The molecule has 0 bridgehead atoms. The van der Waals surface area contributed by atoms with E-state index in [1.807, 2.05) is 12.1 Å². The van der Waals surface area contributed by atoms with Gasteiger partial charge in [0.2, 0.25) is 0 Å². The summed E-state index contributed by atoms with van der Waals surface area (Å²) in [7, 11) is 1.70.